The van der Waals surface area contributed by atoms with Crippen molar-refractivity contribution >= 4 is 11.4 Å². The Morgan fingerprint density at radius 2 is 2.29 bits per heavy atom. The number of aryl methyl sites for hydroxylation is 1. The quantitative estimate of drug-likeness (QED) is 0.788. The number of hydrogen-bond acceptors (Lipinski definition) is 3. The van der Waals surface area contributed by atoms with Gasteiger partial charge in [0, 0.05) is 12.6 Å². The van der Waals surface area contributed by atoms with Gasteiger partial charge < -0.3 is 16.0 Å². The van der Waals surface area contributed by atoms with Crippen LogP contribution >= 0.6 is 0 Å². The minimum absolute atomic E-state index is 0.534. The molecule has 1 unspecified atom stereocenters. The zero-order valence-corrected chi connectivity index (χ0v) is 10.9. The minimum Gasteiger partial charge on any atom is -0.397 e. The molecule has 1 fully saturated rings. The number of benzene rings is 1. The summed E-state index contributed by atoms with van der Waals surface area (Å²) in [5.74, 6) is 0. The van der Waals surface area contributed by atoms with Gasteiger partial charge >= 0.3 is 0 Å². The van der Waals surface area contributed by atoms with E-state index in [1.807, 2.05) is 12.1 Å². The van der Waals surface area contributed by atoms with E-state index < -0.39 is 0 Å². The van der Waals surface area contributed by atoms with E-state index >= 15 is 0 Å². The van der Waals surface area contributed by atoms with E-state index in [-0.39, 0.29) is 0 Å². The van der Waals surface area contributed by atoms with E-state index in [4.69, 9.17) is 5.73 Å². The van der Waals surface area contributed by atoms with Gasteiger partial charge in [-0.05, 0) is 44.5 Å². The molecule has 3 N–H and O–H groups in total. The standard InChI is InChI=1S/C14H23N3/c1-3-17-9-5-7-12(10-17)16-14-11(2)6-4-8-13(14)15/h4,6,8,12,16H,3,5,7,9-10,15H2,1-2H3. The molecule has 3 nitrogen and oxygen atoms in total. The second-order valence-electron chi connectivity index (χ2n) is 4.92. The van der Waals surface area contributed by atoms with Crippen LogP contribution in [0.3, 0.4) is 0 Å². The van der Waals surface area contributed by atoms with Crippen LogP contribution < -0.4 is 11.1 Å². The van der Waals surface area contributed by atoms with Gasteiger partial charge in [-0.15, -0.1) is 0 Å². The molecule has 0 saturated carbocycles. The largest absolute Gasteiger partial charge is 0.397 e. The minimum atomic E-state index is 0.534. The Kier molecular flexibility index (Phi) is 3.89. The summed E-state index contributed by atoms with van der Waals surface area (Å²) < 4.78 is 0. The summed E-state index contributed by atoms with van der Waals surface area (Å²) in [6.07, 6.45) is 2.52. The highest BCUT2D eigenvalue weighted by Crippen LogP contribution is 2.25. The average Bonchev–Trinajstić information content (AvgIpc) is 2.34. The number of nitrogens with zero attached hydrogens (tertiary/aromatic N) is 1. The van der Waals surface area contributed by atoms with Gasteiger partial charge in [-0.3, -0.25) is 0 Å². The molecule has 0 aliphatic carbocycles. The zero-order chi connectivity index (χ0) is 12.3. The number of nitrogens with two attached hydrogens (primary N) is 1. The number of nitrogen functional groups attached to an aromatic ring is 1. The van der Waals surface area contributed by atoms with Crippen molar-refractivity contribution in [1.29, 1.82) is 0 Å². The summed E-state index contributed by atoms with van der Waals surface area (Å²) >= 11 is 0. The fourth-order valence-corrected chi connectivity index (χ4v) is 2.55. The summed E-state index contributed by atoms with van der Waals surface area (Å²) in [5.41, 5.74) is 9.25. The number of rotatable bonds is 3. The highest BCUT2D eigenvalue weighted by molar-refractivity contribution is 5.70. The second-order valence-corrected chi connectivity index (χ2v) is 4.92. The van der Waals surface area contributed by atoms with E-state index in [1.165, 1.54) is 24.9 Å². The van der Waals surface area contributed by atoms with Crippen LogP contribution in [0.5, 0.6) is 0 Å². The molecule has 1 aromatic rings. The number of anilines is 2. The Morgan fingerprint density at radius 1 is 1.47 bits per heavy atom. The first kappa shape index (κ1) is 12.2. The Hall–Kier alpha value is -1.22. The first-order valence-electron chi connectivity index (χ1n) is 6.54. The molecule has 1 aliphatic heterocycles. The molecule has 0 radical (unpaired) electrons. The van der Waals surface area contributed by atoms with E-state index in [1.54, 1.807) is 0 Å². The Morgan fingerprint density at radius 3 is 3.00 bits per heavy atom. The predicted octanol–water partition coefficient (Wildman–Crippen LogP) is 2.47. The second kappa shape index (κ2) is 5.41. The lowest BCUT2D eigenvalue weighted by Crippen LogP contribution is -2.42. The molecule has 0 bridgehead atoms. The van der Waals surface area contributed by atoms with Gasteiger partial charge in [0.2, 0.25) is 0 Å². The summed E-state index contributed by atoms with van der Waals surface area (Å²) in [6, 6.07) is 6.62. The first-order chi connectivity index (χ1) is 8.20. The van der Waals surface area contributed by atoms with Crippen molar-refractivity contribution in [3.05, 3.63) is 23.8 Å². The van der Waals surface area contributed by atoms with Gasteiger partial charge in [0.25, 0.3) is 0 Å². The smallest absolute Gasteiger partial charge is 0.0606 e. The van der Waals surface area contributed by atoms with Crippen molar-refractivity contribution in [2.45, 2.75) is 32.7 Å². The molecule has 1 atom stereocenters. The van der Waals surface area contributed by atoms with Gasteiger partial charge in [-0.25, -0.2) is 0 Å². The first-order valence-corrected chi connectivity index (χ1v) is 6.54. The monoisotopic (exact) mass is 233 g/mol. The van der Waals surface area contributed by atoms with Crippen molar-refractivity contribution < 1.29 is 0 Å². The number of hydrogen-bond donors (Lipinski definition) is 2. The topological polar surface area (TPSA) is 41.3 Å². The molecule has 1 aromatic carbocycles. The van der Waals surface area contributed by atoms with Crippen LogP contribution in [-0.2, 0) is 0 Å². The number of likely N-dealkylation sites (N-methyl/N-ethyl adjacent to an activating group) is 1. The molecule has 1 heterocycles. The normalized spacial score (nSPS) is 21.4. The predicted molar refractivity (Wildman–Crippen MR) is 74.4 cm³/mol. The highest BCUT2D eigenvalue weighted by Gasteiger charge is 2.19. The number of para-hydroxylation sites is 1. The van der Waals surface area contributed by atoms with Crippen LogP contribution in [0, 0.1) is 6.92 Å². The van der Waals surface area contributed by atoms with Crippen LogP contribution in [0.2, 0.25) is 0 Å². The van der Waals surface area contributed by atoms with Crippen LogP contribution in [-0.4, -0.2) is 30.6 Å². The van der Waals surface area contributed by atoms with Gasteiger partial charge in [-0.2, -0.15) is 0 Å². The summed E-state index contributed by atoms with van der Waals surface area (Å²) in [6.45, 7) is 7.84. The van der Waals surface area contributed by atoms with Crippen molar-refractivity contribution in [2.24, 2.45) is 0 Å². The van der Waals surface area contributed by atoms with Crippen molar-refractivity contribution in [2.75, 3.05) is 30.7 Å². The Labute approximate surface area is 104 Å². The van der Waals surface area contributed by atoms with E-state index in [0.29, 0.717) is 6.04 Å². The third-order valence-electron chi connectivity index (χ3n) is 3.61. The lowest BCUT2D eigenvalue weighted by molar-refractivity contribution is 0.227. The SMILES string of the molecule is CCN1CCCC(Nc2c(C)cccc2N)C1. The number of likely N-dealkylation sites (tertiary alicyclic amines) is 1. The maximum atomic E-state index is 6.03. The van der Waals surface area contributed by atoms with Crippen LogP contribution in [0.25, 0.3) is 0 Å². The molecule has 0 aromatic heterocycles. The Balaban J connectivity index is 2.05. The fraction of sp³-hybridized carbons (Fsp3) is 0.571. The highest BCUT2D eigenvalue weighted by atomic mass is 15.2. The molecule has 3 heteroatoms. The molecule has 94 valence electrons. The van der Waals surface area contributed by atoms with Gasteiger partial charge in [0.15, 0.2) is 0 Å². The van der Waals surface area contributed by atoms with Crippen LogP contribution in [0.4, 0.5) is 11.4 Å². The van der Waals surface area contributed by atoms with Gasteiger partial charge in [0.05, 0.1) is 11.4 Å². The summed E-state index contributed by atoms with van der Waals surface area (Å²) in [7, 11) is 0. The molecular weight excluding hydrogens is 210 g/mol. The number of nitrogens with one attached hydrogen (secondary N) is 1. The molecule has 17 heavy (non-hydrogen) atoms. The molecule has 1 aliphatic rings. The van der Waals surface area contributed by atoms with Crippen LogP contribution in [0.15, 0.2) is 18.2 Å². The fourth-order valence-electron chi connectivity index (χ4n) is 2.55. The molecule has 0 amide bonds. The maximum Gasteiger partial charge on any atom is 0.0606 e. The number of piperidine rings is 1. The summed E-state index contributed by atoms with van der Waals surface area (Å²) in [5, 5.41) is 3.62. The van der Waals surface area contributed by atoms with Crippen LogP contribution in [0.1, 0.15) is 25.3 Å². The van der Waals surface area contributed by atoms with Crippen molar-refractivity contribution in [3.8, 4) is 0 Å². The maximum absolute atomic E-state index is 6.03. The zero-order valence-electron chi connectivity index (χ0n) is 10.9. The van der Waals surface area contributed by atoms with Crippen molar-refractivity contribution in [1.82, 2.24) is 4.90 Å². The van der Waals surface area contributed by atoms with E-state index in [0.717, 1.165) is 24.5 Å². The van der Waals surface area contributed by atoms with Gasteiger partial charge in [0.1, 0.15) is 0 Å². The van der Waals surface area contributed by atoms with Crippen molar-refractivity contribution in [3.63, 3.8) is 0 Å². The van der Waals surface area contributed by atoms with E-state index in [2.05, 4.69) is 30.1 Å². The van der Waals surface area contributed by atoms with E-state index in [9.17, 15) is 0 Å². The molecule has 1 saturated heterocycles. The molecular formula is C14H23N3. The summed E-state index contributed by atoms with van der Waals surface area (Å²) in [4.78, 5) is 2.50. The Bertz CT molecular complexity index is 355. The molecule has 0 spiro atoms. The lowest BCUT2D eigenvalue weighted by atomic mass is 10.0. The lowest BCUT2D eigenvalue weighted by Gasteiger charge is -2.33. The third kappa shape index (κ3) is 2.91. The third-order valence-corrected chi connectivity index (χ3v) is 3.61. The molecule has 2 rings (SSSR count). The average molecular weight is 233 g/mol. The van der Waals surface area contributed by atoms with Gasteiger partial charge in [-0.1, -0.05) is 19.1 Å².